The lowest BCUT2D eigenvalue weighted by atomic mass is 10.1. The maximum atomic E-state index is 12.7. The molecule has 0 heterocycles. The minimum Gasteiger partial charge on any atom is -0.304 e. The highest BCUT2D eigenvalue weighted by molar-refractivity contribution is 5.34. The first-order valence-corrected chi connectivity index (χ1v) is 5.26. The van der Waals surface area contributed by atoms with Crippen LogP contribution in [0.3, 0.4) is 0 Å². The number of nitrogens with zero attached hydrogens (tertiary/aromatic N) is 1. The fraction of sp³-hybridized carbons (Fsp3) is 0.417. The molecule has 0 aromatic heterocycles. The van der Waals surface area contributed by atoms with Crippen molar-refractivity contribution < 1.29 is 17.6 Å². The van der Waals surface area contributed by atoms with Gasteiger partial charge in [-0.1, -0.05) is 12.1 Å². The van der Waals surface area contributed by atoms with Gasteiger partial charge in [0.15, 0.2) is 0 Å². The SMILES string of the molecule is CC(NCC(F)(F)C(F)F)c1cccc(C#N)c1. The van der Waals surface area contributed by atoms with Crippen molar-refractivity contribution >= 4 is 0 Å². The highest BCUT2D eigenvalue weighted by atomic mass is 19.3. The van der Waals surface area contributed by atoms with Crippen molar-refractivity contribution in [2.75, 3.05) is 6.54 Å². The molecule has 1 aromatic rings. The van der Waals surface area contributed by atoms with E-state index >= 15 is 0 Å². The number of halogens is 4. The molecule has 0 spiro atoms. The minimum absolute atomic E-state index is 0.391. The standard InChI is InChI=1S/C12H12F4N2/c1-8(18-7-12(15,16)11(13)14)10-4-2-3-9(5-10)6-17/h2-5,8,11,18H,7H2,1H3. The van der Waals surface area contributed by atoms with Gasteiger partial charge in [0.2, 0.25) is 0 Å². The van der Waals surface area contributed by atoms with E-state index in [1.165, 1.54) is 6.07 Å². The van der Waals surface area contributed by atoms with Gasteiger partial charge in [0.1, 0.15) is 0 Å². The Hall–Kier alpha value is -1.61. The molecule has 98 valence electrons. The second kappa shape index (κ2) is 5.83. The molecule has 2 nitrogen and oxygen atoms in total. The van der Waals surface area contributed by atoms with E-state index in [1.54, 1.807) is 25.1 Å². The third-order valence-electron chi connectivity index (χ3n) is 2.48. The van der Waals surface area contributed by atoms with Crippen LogP contribution in [-0.4, -0.2) is 18.9 Å². The Morgan fingerprint density at radius 3 is 2.61 bits per heavy atom. The van der Waals surface area contributed by atoms with Gasteiger partial charge < -0.3 is 5.32 Å². The number of hydrogen-bond donors (Lipinski definition) is 1. The third-order valence-corrected chi connectivity index (χ3v) is 2.48. The lowest BCUT2D eigenvalue weighted by molar-refractivity contribution is -0.126. The maximum Gasteiger partial charge on any atom is 0.319 e. The normalized spacial score (nSPS) is 13.4. The zero-order valence-corrected chi connectivity index (χ0v) is 9.63. The van der Waals surface area contributed by atoms with Crippen molar-refractivity contribution in [3.05, 3.63) is 35.4 Å². The smallest absolute Gasteiger partial charge is 0.304 e. The first-order valence-electron chi connectivity index (χ1n) is 5.26. The van der Waals surface area contributed by atoms with Gasteiger partial charge in [0.25, 0.3) is 0 Å². The number of alkyl halides is 4. The quantitative estimate of drug-likeness (QED) is 0.826. The predicted octanol–water partition coefficient (Wildman–Crippen LogP) is 3.11. The highest BCUT2D eigenvalue weighted by Gasteiger charge is 2.40. The van der Waals surface area contributed by atoms with E-state index in [1.807, 2.05) is 6.07 Å². The molecule has 0 saturated carbocycles. The molecule has 0 saturated heterocycles. The van der Waals surface area contributed by atoms with E-state index in [-0.39, 0.29) is 0 Å². The van der Waals surface area contributed by atoms with Crippen LogP contribution in [0.25, 0.3) is 0 Å². The molecular weight excluding hydrogens is 248 g/mol. The maximum absolute atomic E-state index is 12.7. The number of rotatable bonds is 5. The Labute approximate surface area is 102 Å². The molecule has 0 aliphatic rings. The molecule has 0 aliphatic heterocycles. The molecular formula is C12H12F4N2. The molecule has 0 radical (unpaired) electrons. The first kappa shape index (κ1) is 14.5. The van der Waals surface area contributed by atoms with E-state index < -0.39 is 24.9 Å². The molecule has 0 aliphatic carbocycles. The molecule has 0 fully saturated rings. The summed E-state index contributed by atoms with van der Waals surface area (Å²) in [6.07, 6.45) is -3.69. The van der Waals surface area contributed by atoms with Crippen LogP contribution in [0, 0.1) is 11.3 Å². The molecule has 1 atom stereocenters. The summed E-state index contributed by atoms with van der Waals surface area (Å²) in [4.78, 5) is 0. The number of nitrogens with one attached hydrogen (secondary N) is 1. The fourth-order valence-corrected chi connectivity index (χ4v) is 1.36. The average Bonchev–Trinajstić information content (AvgIpc) is 2.36. The highest BCUT2D eigenvalue weighted by Crippen LogP contribution is 2.23. The third kappa shape index (κ3) is 3.70. The van der Waals surface area contributed by atoms with Crippen molar-refractivity contribution in [3.8, 4) is 6.07 Å². The van der Waals surface area contributed by atoms with Gasteiger partial charge >= 0.3 is 12.3 Å². The van der Waals surface area contributed by atoms with Crippen molar-refractivity contribution in [1.82, 2.24) is 5.32 Å². The Bertz CT molecular complexity index is 440. The summed E-state index contributed by atoms with van der Waals surface area (Å²) in [5, 5.41) is 11.0. The Morgan fingerprint density at radius 2 is 2.06 bits per heavy atom. The summed E-state index contributed by atoms with van der Waals surface area (Å²) in [5.74, 6) is -4.05. The van der Waals surface area contributed by atoms with Gasteiger partial charge in [-0.15, -0.1) is 0 Å². The molecule has 1 N–H and O–H groups in total. The van der Waals surface area contributed by atoms with Gasteiger partial charge in [-0.05, 0) is 24.6 Å². The van der Waals surface area contributed by atoms with Gasteiger partial charge in [-0.2, -0.15) is 14.0 Å². The van der Waals surface area contributed by atoms with E-state index in [4.69, 9.17) is 5.26 Å². The van der Waals surface area contributed by atoms with Crippen LogP contribution in [0.5, 0.6) is 0 Å². The van der Waals surface area contributed by atoms with Crippen LogP contribution in [-0.2, 0) is 0 Å². The zero-order valence-electron chi connectivity index (χ0n) is 9.63. The first-order chi connectivity index (χ1) is 8.36. The molecule has 1 rings (SSSR count). The van der Waals surface area contributed by atoms with Crippen molar-refractivity contribution in [3.63, 3.8) is 0 Å². The summed E-state index contributed by atoms with van der Waals surface area (Å²) in [5.41, 5.74) is 0.987. The molecule has 18 heavy (non-hydrogen) atoms. The molecule has 0 bridgehead atoms. The number of nitriles is 1. The monoisotopic (exact) mass is 260 g/mol. The summed E-state index contributed by atoms with van der Waals surface area (Å²) in [6, 6.07) is 7.72. The zero-order chi connectivity index (χ0) is 13.8. The van der Waals surface area contributed by atoms with Crippen LogP contribution < -0.4 is 5.32 Å². The summed E-state index contributed by atoms with van der Waals surface area (Å²) >= 11 is 0. The summed E-state index contributed by atoms with van der Waals surface area (Å²) < 4.78 is 49.3. The lowest BCUT2D eigenvalue weighted by Gasteiger charge is -2.20. The van der Waals surface area contributed by atoms with Gasteiger partial charge in [0, 0.05) is 6.04 Å². The number of benzene rings is 1. The van der Waals surface area contributed by atoms with Crippen molar-refractivity contribution in [2.24, 2.45) is 0 Å². The van der Waals surface area contributed by atoms with E-state index in [0.29, 0.717) is 11.1 Å². The van der Waals surface area contributed by atoms with Crippen molar-refractivity contribution in [1.29, 1.82) is 5.26 Å². The molecule has 1 unspecified atom stereocenters. The van der Waals surface area contributed by atoms with E-state index in [0.717, 1.165) is 0 Å². The topological polar surface area (TPSA) is 35.8 Å². The second-order valence-electron chi connectivity index (χ2n) is 3.90. The van der Waals surface area contributed by atoms with E-state index in [9.17, 15) is 17.6 Å². The summed E-state index contributed by atoms with van der Waals surface area (Å²) in [6.45, 7) is 0.459. The molecule has 1 aromatic carbocycles. The number of hydrogen-bond acceptors (Lipinski definition) is 2. The van der Waals surface area contributed by atoms with E-state index in [2.05, 4.69) is 5.32 Å². The van der Waals surface area contributed by atoms with Crippen LogP contribution in [0.4, 0.5) is 17.6 Å². The predicted molar refractivity (Wildman–Crippen MR) is 58.5 cm³/mol. The van der Waals surface area contributed by atoms with Gasteiger partial charge in [0.05, 0.1) is 18.2 Å². The average molecular weight is 260 g/mol. The summed E-state index contributed by atoms with van der Waals surface area (Å²) in [7, 11) is 0. The van der Waals surface area contributed by atoms with Crippen LogP contribution in [0.15, 0.2) is 24.3 Å². The Kier molecular flexibility index (Phi) is 4.68. The molecule has 6 heteroatoms. The van der Waals surface area contributed by atoms with Crippen LogP contribution >= 0.6 is 0 Å². The van der Waals surface area contributed by atoms with Gasteiger partial charge in [-0.3, -0.25) is 0 Å². The fourth-order valence-electron chi connectivity index (χ4n) is 1.36. The Balaban J connectivity index is 2.66. The van der Waals surface area contributed by atoms with Gasteiger partial charge in [-0.25, -0.2) is 8.78 Å². The van der Waals surface area contributed by atoms with Crippen molar-refractivity contribution in [2.45, 2.75) is 25.3 Å². The largest absolute Gasteiger partial charge is 0.319 e. The van der Waals surface area contributed by atoms with Crippen LogP contribution in [0.1, 0.15) is 24.1 Å². The second-order valence-corrected chi connectivity index (χ2v) is 3.90. The minimum atomic E-state index is -4.05. The Morgan fingerprint density at radius 1 is 1.39 bits per heavy atom. The molecule has 0 amide bonds. The lowest BCUT2D eigenvalue weighted by Crippen LogP contribution is -2.39. The van der Waals surface area contributed by atoms with Crippen LogP contribution in [0.2, 0.25) is 0 Å².